The third-order valence-electron chi connectivity index (χ3n) is 5.82. The van der Waals surface area contributed by atoms with Crippen molar-refractivity contribution in [2.24, 2.45) is 0 Å². The molecule has 0 atom stereocenters. The van der Waals surface area contributed by atoms with Crippen LogP contribution in [-0.2, 0) is 0 Å². The van der Waals surface area contributed by atoms with Crippen molar-refractivity contribution >= 4 is 27.5 Å². The summed E-state index contributed by atoms with van der Waals surface area (Å²) < 4.78 is 3.60. The fraction of sp³-hybridized carbons (Fsp3) is 0.0833. The molecule has 0 spiro atoms. The molecule has 0 aliphatic rings. The molecule has 150 valence electrons. The second-order valence-corrected chi connectivity index (χ2v) is 7.74. The van der Waals surface area contributed by atoms with Crippen LogP contribution >= 0.6 is 0 Å². The van der Waals surface area contributed by atoms with Gasteiger partial charge in [-0.2, -0.15) is 5.10 Å². The molecule has 0 aliphatic carbocycles. The van der Waals surface area contributed by atoms with Crippen molar-refractivity contribution in [3.05, 3.63) is 78.2 Å². The highest BCUT2D eigenvalue weighted by Gasteiger charge is 2.18. The van der Waals surface area contributed by atoms with Crippen LogP contribution in [0.25, 0.3) is 44.5 Å². The molecular formula is C24H18N6O. The van der Waals surface area contributed by atoms with Crippen LogP contribution in [0.5, 0.6) is 5.75 Å². The Balaban J connectivity index is 1.55. The minimum atomic E-state index is 0.152. The normalized spacial score (nSPS) is 11.7. The molecule has 0 radical (unpaired) electrons. The lowest BCUT2D eigenvalue weighted by atomic mass is 10.1. The zero-order chi connectivity index (χ0) is 21.1. The Hall–Kier alpha value is -4.26. The molecule has 0 fully saturated rings. The highest BCUT2D eigenvalue weighted by molar-refractivity contribution is 5.92. The van der Waals surface area contributed by atoms with Crippen LogP contribution < -0.4 is 0 Å². The first kappa shape index (κ1) is 17.6. The SMILES string of the molecule is Cc1ccc(-n2ncc3c2ncn2c(-c4cc5ccccc5cc4O)nnc32)cc1C. The molecule has 3 aromatic carbocycles. The van der Waals surface area contributed by atoms with Gasteiger partial charge in [-0.15, -0.1) is 10.2 Å². The fourth-order valence-electron chi connectivity index (χ4n) is 3.96. The van der Waals surface area contributed by atoms with Gasteiger partial charge in [0.1, 0.15) is 12.1 Å². The van der Waals surface area contributed by atoms with E-state index in [-0.39, 0.29) is 5.75 Å². The lowest BCUT2D eigenvalue weighted by Gasteiger charge is -2.07. The van der Waals surface area contributed by atoms with E-state index in [1.807, 2.05) is 41.1 Å². The Morgan fingerprint density at radius 2 is 1.65 bits per heavy atom. The van der Waals surface area contributed by atoms with Crippen LogP contribution in [0.2, 0.25) is 0 Å². The number of aromatic nitrogens is 6. The summed E-state index contributed by atoms with van der Waals surface area (Å²) in [6.45, 7) is 4.17. The van der Waals surface area contributed by atoms with Gasteiger partial charge in [0, 0.05) is 0 Å². The monoisotopic (exact) mass is 406 g/mol. The molecule has 1 N–H and O–H groups in total. The molecule has 6 rings (SSSR count). The minimum Gasteiger partial charge on any atom is -0.507 e. The Bertz CT molecular complexity index is 1630. The molecule has 0 aliphatic heterocycles. The molecule has 3 heterocycles. The van der Waals surface area contributed by atoms with Gasteiger partial charge in [-0.05, 0) is 60.0 Å². The summed E-state index contributed by atoms with van der Waals surface area (Å²) in [7, 11) is 0. The largest absolute Gasteiger partial charge is 0.507 e. The minimum absolute atomic E-state index is 0.152. The molecule has 6 aromatic rings. The highest BCUT2D eigenvalue weighted by atomic mass is 16.3. The number of rotatable bonds is 2. The van der Waals surface area contributed by atoms with Crippen molar-refractivity contribution in [2.75, 3.05) is 0 Å². The van der Waals surface area contributed by atoms with E-state index in [2.05, 4.69) is 46.3 Å². The summed E-state index contributed by atoms with van der Waals surface area (Å²) in [5.74, 6) is 0.686. The van der Waals surface area contributed by atoms with Gasteiger partial charge in [0.2, 0.25) is 0 Å². The molecule has 0 amide bonds. The second kappa shape index (κ2) is 6.37. The van der Waals surface area contributed by atoms with Crippen LogP contribution in [0, 0.1) is 13.8 Å². The number of nitrogens with zero attached hydrogens (tertiary/aromatic N) is 6. The maximum Gasteiger partial charge on any atom is 0.175 e. The van der Waals surface area contributed by atoms with Gasteiger partial charge in [-0.25, -0.2) is 9.67 Å². The molecule has 0 unspecified atom stereocenters. The van der Waals surface area contributed by atoms with E-state index in [9.17, 15) is 5.11 Å². The number of hydrogen-bond acceptors (Lipinski definition) is 5. The Morgan fingerprint density at radius 3 is 2.45 bits per heavy atom. The highest BCUT2D eigenvalue weighted by Crippen LogP contribution is 2.33. The van der Waals surface area contributed by atoms with Crippen molar-refractivity contribution in [1.29, 1.82) is 0 Å². The third kappa shape index (κ3) is 2.60. The van der Waals surface area contributed by atoms with E-state index in [0.29, 0.717) is 22.7 Å². The van der Waals surface area contributed by atoms with Gasteiger partial charge in [-0.3, -0.25) is 4.40 Å². The zero-order valence-electron chi connectivity index (χ0n) is 17.0. The Morgan fingerprint density at radius 1 is 0.839 bits per heavy atom. The van der Waals surface area contributed by atoms with Crippen LogP contribution in [0.15, 0.2) is 67.1 Å². The van der Waals surface area contributed by atoms with Crippen LogP contribution in [0.4, 0.5) is 0 Å². The summed E-state index contributed by atoms with van der Waals surface area (Å²) in [6.07, 6.45) is 3.44. The van der Waals surface area contributed by atoms with Crippen LogP contribution in [0.1, 0.15) is 11.1 Å². The Kier molecular flexibility index (Phi) is 3.61. The van der Waals surface area contributed by atoms with Crippen molar-refractivity contribution in [3.63, 3.8) is 0 Å². The maximum atomic E-state index is 10.6. The molecule has 7 nitrogen and oxygen atoms in total. The summed E-state index contributed by atoms with van der Waals surface area (Å²) >= 11 is 0. The van der Waals surface area contributed by atoms with E-state index >= 15 is 0 Å². The number of phenolic OH excluding ortho intramolecular Hbond substituents is 1. The number of aryl methyl sites for hydroxylation is 2. The molecular weight excluding hydrogens is 388 g/mol. The first-order chi connectivity index (χ1) is 15.1. The van der Waals surface area contributed by atoms with E-state index in [1.54, 1.807) is 23.0 Å². The summed E-state index contributed by atoms with van der Waals surface area (Å²) in [5, 5.41) is 26.7. The topological polar surface area (TPSA) is 81.1 Å². The van der Waals surface area contributed by atoms with Gasteiger partial charge in [0.05, 0.1) is 22.8 Å². The second-order valence-electron chi connectivity index (χ2n) is 7.74. The van der Waals surface area contributed by atoms with E-state index in [0.717, 1.165) is 21.8 Å². The molecule has 31 heavy (non-hydrogen) atoms. The predicted molar refractivity (Wildman–Crippen MR) is 119 cm³/mol. The molecule has 7 heteroatoms. The maximum absolute atomic E-state index is 10.6. The van der Waals surface area contributed by atoms with Gasteiger partial charge in [-0.1, -0.05) is 30.3 Å². The summed E-state index contributed by atoms with van der Waals surface area (Å²) in [6, 6.07) is 17.8. The van der Waals surface area contributed by atoms with Crippen molar-refractivity contribution in [2.45, 2.75) is 13.8 Å². The van der Waals surface area contributed by atoms with Gasteiger partial charge < -0.3 is 5.11 Å². The summed E-state index contributed by atoms with van der Waals surface area (Å²) in [4.78, 5) is 4.65. The zero-order valence-corrected chi connectivity index (χ0v) is 17.0. The predicted octanol–water partition coefficient (Wildman–Crippen LogP) is 4.61. The van der Waals surface area contributed by atoms with Crippen molar-refractivity contribution in [3.8, 4) is 22.8 Å². The van der Waals surface area contributed by atoms with Gasteiger partial charge in [0.15, 0.2) is 17.1 Å². The van der Waals surface area contributed by atoms with Crippen LogP contribution in [-0.4, -0.2) is 34.5 Å². The van der Waals surface area contributed by atoms with Crippen molar-refractivity contribution in [1.82, 2.24) is 29.4 Å². The van der Waals surface area contributed by atoms with Gasteiger partial charge >= 0.3 is 0 Å². The quantitative estimate of drug-likeness (QED) is 0.454. The molecule has 3 aromatic heterocycles. The average Bonchev–Trinajstić information content (AvgIpc) is 3.39. The van der Waals surface area contributed by atoms with E-state index < -0.39 is 0 Å². The standard InChI is InChI=1S/C24H18N6O/c1-14-7-8-18(9-15(14)2)30-22-20(12-26-30)24-28-27-23(29(24)13-25-22)19-10-16-5-3-4-6-17(16)11-21(19)31/h3-13,31H,1-2H3. The lowest BCUT2D eigenvalue weighted by Crippen LogP contribution is -2.00. The van der Waals surface area contributed by atoms with Gasteiger partial charge in [0.25, 0.3) is 0 Å². The van der Waals surface area contributed by atoms with Crippen molar-refractivity contribution < 1.29 is 5.11 Å². The Labute approximate surface area is 177 Å². The summed E-state index contributed by atoms with van der Waals surface area (Å²) in [5.41, 5.74) is 5.32. The fourth-order valence-corrected chi connectivity index (χ4v) is 3.96. The first-order valence-electron chi connectivity index (χ1n) is 9.97. The van der Waals surface area contributed by atoms with E-state index in [1.165, 1.54) is 11.1 Å². The first-order valence-corrected chi connectivity index (χ1v) is 9.97. The smallest absolute Gasteiger partial charge is 0.175 e. The lowest BCUT2D eigenvalue weighted by molar-refractivity contribution is 0.477. The van der Waals surface area contributed by atoms with Crippen LogP contribution in [0.3, 0.4) is 0 Å². The average molecular weight is 406 g/mol. The third-order valence-corrected chi connectivity index (χ3v) is 5.82. The number of fused-ring (bicyclic) bond motifs is 4. The number of phenols is 1. The number of benzene rings is 3. The van der Waals surface area contributed by atoms with E-state index in [4.69, 9.17) is 0 Å². The molecule has 0 saturated heterocycles. The molecule has 0 saturated carbocycles. The number of aromatic hydroxyl groups is 1. The number of hydrogen-bond donors (Lipinski definition) is 1. The molecule has 0 bridgehead atoms.